The van der Waals surface area contributed by atoms with E-state index in [2.05, 4.69) is 17.6 Å². The molecule has 1 aromatic rings. The molecule has 7 nitrogen and oxygen atoms in total. The second-order valence-electron chi connectivity index (χ2n) is 6.81. The summed E-state index contributed by atoms with van der Waals surface area (Å²) in [7, 11) is 1.26. The molecule has 0 heterocycles. The Bertz CT molecular complexity index is 651. The van der Waals surface area contributed by atoms with Crippen LogP contribution >= 0.6 is 11.8 Å². The number of hydrogen-bond acceptors (Lipinski definition) is 6. The number of esters is 1. The molecule has 0 aliphatic rings. The van der Waals surface area contributed by atoms with Gasteiger partial charge in [0.05, 0.1) is 7.11 Å². The van der Waals surface area contributed by atoms with Crippen LogP contribution in [0.4, 0.5) is 0 Å². The van der Waals surface area contributed by atoms with Gasteiger partial charge in [0.25, 0.3) is 0 Å². The van der Waals surface area contributed by atoms with E-state index in [4.69, 9.17) is 4.74 Å². The minimum Gasteiger partial charge on any atom is -0.508 e. The van der Waals surface area contributed by atoms with Crippen molar-refractivity contribution in [2.24, 2.45) is 0 Å². The van der Waals surface area contributed by atoms with Gasteiger partial charge in [0.1, 0.15) is 17.8 Å². The first-order valence-corrected chi connectivity index (χ1v) is 11.2. The average molecular weight is 425 g/mol. The van der Waals surface area contributed by atoms with E-state index in [1.165, 1.54) is 19.2 Å². The number of nitrogens with one attached hydrogen (secondary N) is 2. The van der Waals surface area contributed by atoms with Crippen LogP contribution in [0.1, 0.15) is 44.6 Å². The van der Waals surface area contributed by atoms with Crippen molar-refractivity contribution in [2.45, 2.75) is 57.5 Å². The second-order valence-corrected chi connectivity index (χ2v) is 7.80. The first kappa shape index (κ1) is 24.8. The van der Waals surface area contributed by atoms with Crippen molar-refractivity contribution < 1.29 is 24.2 Å². The molecule has 2 amide bonds. The fraction of sp³-hybridized carbons (Fsp3) is 0.571. The van der Waals surface area contributed by atoms with Gasteiger partial charge in [-0.2, -0.15) is 11.8 Å². The monoisotopic (exact) mass is 424 g/mol. The molecule has 0 aromatic heterocycles. The number of benzene rings is 1. The fourth-order valence-corrected chi connectivity index (χ4v) is 3.25. The number of carbonyl (C=O) groups is 3. The van der Waals surface area contributed by atoms with Crippen LogP contribution in [-0.4, -0.2) is 54.1 Å². The number of ether oxygens (including phenoxy) is 1. The molecule has 3 N–H and O–H groups in total. The average Bonchev–Trinajstić information content (AvgIpc) is 2.71. The van der Waals surface area contributed by atoms with E-state index in [-0.39, 0.29) is 18.1 Å². The molecular formula is C21H32N2O5S. The van der Waals surface area contributed by atoms with Gasteiger partial charge >= 0.3 is 5.97 Å². The normalized spacial score (nSPS) is 12.7. The molecule has 0 spiro atoms. The number of phenolic OH excluding ortho intramolecular Hbond substituents is 1. The van der Waals surface area contributed by atoms with Crippen LogP contribution in [0.15, 0.2) is 24.3 Å². The minimum absolute atomic E-state index is 0.121. The van der Waals surface area contributed by atoms with Gasteiger partial charge in [0, 0.05) is 12.8 Å². The Morgan fingerprint density at radius 2 is 1.79 bits per heavy atom. The van der Waals surface area contributed by atoms with Crippen LogP contribution in [0.5, 0.6) is 5.75 Å². The lowest BCUT2D eigenvalue weighted by molar-refractivity contribution is -0.145. The highest BCUT2D eigenvalue weighted by molar-refractivity contribution is 7.98. The molecule has 0 aliphatic carbocycles. The highest BCUT2D eigenvalue weighted by Crippen LogP contribution is 2.12. The summed E-state index contributed by atoms with van der Waals surface area (Å²) in [6, 6.07) is 4.80. The molecule has 0 unspecified atom stereocenters. The second kappa shape index (κ2) is 13.9. The zero-order valence-corrected chi connectivity index (χ0v) is 18.2. The number of hydrogen-bond donors (Lipinski definition) is 3. The maximum atomic E-state index is 12.8. The third-order valence-electron chi connectivity index (χ3n) is 4.45. The minimum atomic E-state index is -0.884. The predicted octanol–water partition coefficient (Wildman–Crippen LogP) is 2.41. The summed E-state index contributed by atoms with van der Waals surface area (Å²) in [5.41, 5.74) is 0.766. The Kier molecular flexibility index (Phi) is 11.9. The molecule has 1 aromatic carbocycles. The number of thioether (sulfide) groups is 1. The van der Waals surface area contributed by atoms with Crippen molar-refractivity contribution in [1.29, 1.82) is 0 Å². The Hall–Kier alpha value is -2.22. The lowest BCUT2D eigenvalue weighted by atomic mass is 10.0. The summed E-state index contributed by atoms with van der Waals surface area (Å²) in [5.74, 6) is -0.307. The third kappa shape index (κ3) is 9.69. The van der Waals surface area contributed by atoms with E-state index in [0.717, 1.165) is 24.8 Å². The largest absolute Gasteiger partial charge is 0.508 e. The molecule has 0 fully saturated rings. The van der Waals surface area contributed by atoms with Gasteiger partial charge < -0.3 is 20.5 Å². The van der Waals surface area contributed by atoms with Crippen molar-refractivity contribution in [3.05, 3.63) is 29.8 Å². The molecule has 0 bridgehead atoms. The fourth-order valence-electron chi connectivity index (χ4n) is 2.78. The number of rotatable bonds is 13. The van der Waals surface area contributed by atoms with Crippen molar-refractivity contribution in [1.82, 2.24) is 10.6 Å². The van der Waals surface area contributed by atoms with Gasteiger partial charge in [-0.25, -0.2) is 4.79 Å². The van der Waals surface area contributed by atoms with Gasteiger partial charge in [0.2, 0.25) is 11.8 Å². The van der Waals surface area contributed by atoms with E-state index in [1.54, 1.807) is 23.9 Å². The molecule has 0 saturated carbocycles. The Balaban J connectivity index is 2.80. The molecular weight excluding hydrogens is 392 g/mol. The lowest BCUT2D eigenvalue weighted by Gasteiger charge is -2.22. The summed E-state index contributed by atoms with van der Waals surface area (Å²) < 4.78 is 4.82. The molecule has 8 heteroatoms. The lowest BCUT2D eigenvalue weighted by Crippen LogP contribution is -2.52. The van der Waals surface area contributed by atoms with Crippen molar-refractivity contribution in [2.75, 3.05) is 19.1 Å². The van der Waals surface area contributed by atoms with Crippen LogP contribution in [0.2, 0.25) is 0 Å². The van der Waals surface area contributed by atoms with Crippen LogP contribution in [-0.2, 0) is 25.5 Å². The maximum absolute atomic E-state index is 12.8. The van der Waals surface area contributed by atoms with Crippen molar-refractivity contribution in [3.8, 4) is 5.75 Å². The van der Waals surface area contributed by atoms with E-state index < -0.39 is 24.0 Å². The molecule has 0 saturated heterocycles. The smallest absolute Gasteiger partial charge is 0.328 e. The van der Waals surface area contributed by atoms with Gasteiger partial charge in [-0.3, -0.25) is 9.59 Å². The summed E-state index contributed by atoms with van der Waals surface area (Å²) in [6.07, 6.45) is 5.77. The zero-order valence-electron chi connectivity index (χ0n) is 17.4. The summed E-state index contributed by atoms with van der Waals surface area (Å²) >= 11 is 1.58. The van der Waals surface area contributed by atoms with Crippen LogP contribution < -0.4 is 10.6 Å². The first-order valence-electron chi connectivity index (χ1n) is 9.85. The highest BCUT2D eigenvalue weighted by atomic mass is 32.2. The van der Waals surface area contributed by atoms with Gasteiger partial charge in [-0.1, -0.05) is 31.9 Å². The third-order valence-corrected chi connectivity index (χ3v) is 5.09. The Morgan fingerprint density at radius 1 is 1.10 bits per heavy atom. The predicted molar refractivity (Wildman–Crippen MR) is 115 cm³/mol. The number of aromatic hydroxyl groups is 1. The Morgan fingerprint density at radius 3 is 2.38 bits per heavy atom. The molecule has 0 radical (unpaired) electrons. The van der Waals surface area contributed by atoms with Crippen LogP contribution in [0.25, 0.3) is 0 Å². The van der Waals surface area contributed by atoms with Gasteiger partial charge in [-0.05, 0) is 42.5 Å². The van der Waals surface area contributed by atoms with E-state index in [0.29, 0.717) is 18.6 Å². The molecule has 29 heavy (non-hydrogen) atoms. The number of methoxy groups -OCH3 is 1. The van der Waals surface area contributed by atoms with Gasteiger partial charge in [0.15, 0.2) is 0 Å². The summed E-state index contributed by atoms with van der Waals surface area (Å²) in [4.78, 5) is 37.2. The molecule has 2 atom stereocenters. The first-order chi connectivity index (χ1) is 13.9. The van der Waals surface area contributed by atoms with E-state index >= 15 is 0 Å². The quantitative estimate of drug-likeness (QED) is 0.332. The SMILES string of the molecule is CCCCCC(=O)N[C@@H](CCSC)C(=O)N[C@@H](Cc1ccc(O)cc1)C(=O)OC. The highest BCUT2D eigenvalue weighted by Gasteiger charge is 2.27. The molecule has 0 aliphatic heterocycles. The molecule has 1 rings (SSSR count). The number of carbonyl (C=O) groups excluding carboxylic acids is 3. The standard InChI is InChI=1S/C21H32N2O5S/c1-4-5-6-7-19(25)22-17(12-13-29-3)20(26)23-18(21(27)28-2)14-15-8-10-16(24)11-9-15/h8-11,17-18,24H,4-7,12-14H2,1-3H3,(H,22,25)(H,23,26)/t17-,18-/m0/s1. The maximum Gasteiger partial charge on any atom is 0.328 e. The number of phenols is 1. The van der Waals surface area contributed by atoms with E-state index in [1.807, 2.05) is 6.26 Å². The summed E-state index contributed by atoms with van der Waals surface area (Å²) in [5, 5.41) is 14.9. The summed E-state index contributed by atoms with van der Waals surface area (Å²) in [6.45, 7) is 2.06. The number of unbranched alkanes of at least 4 members (excludes halogenated alkanes) is 2. The van der Waals surface area contributed by atoms with Gasteiger partial charge in [-0.15, -0.1) is 0 Å². The van der Waals surface area contributed by atoms with E-state index in [9.17, 15) is 19.5 Å². The topological polar surface area (TPSA) is 105 Å². The zero-order chi connectivity index (χ0) is 21.6. The Labute approximate surface area is 177 Å². The van der Waals surface area contributed by atoms with Crippen molar-refractivity contribution in [3.63, 3.8) is 0 Å². The van der Waals surface area contributed by atoms with Crippen LogP contribution in [0, 0.1) is 0 Å². The molecule has 162 valence electrons. The van der Waals surface area contributed by atoms with Crippen LogP contribution in [0.3, 0.4) is 0 Å². The van der Waals surface area contributed by atoms with Crippen molar-refractivity contribution >= 4 is 29.5 Å². The number of amides is 2.